The van der Waals surface area contributed by atoms with Gasteiger partial charge in [0.2, 0.25) is 0 Å². The maximum atomic E-state index is 13.3. The number of aryl methyl sites for hydroxylation is 1. The lowest BCUT2D eigenvalue weighted by Gasteiger charge is -2.30. The van der Waals surface area contributed by atoms with Crippen LogP contribution in [0.1, 0.15) is 27.3 Å². The van der Waals surface area contributed by atoms with Gasteiger partial charge in [-0.25, -0.2) is 9.50 Å². The molecule has 0 saturated carbocycles. The number of hydrogen-bond acceptors (Lipinski definition) is 5. The Morgan fingerprint density at radius 2 is 1.87 bits per heavy atom. The average Bonchev–Trinajstić information content (AvgIpc) is 3.35. The molecule has 2 amide bonds. The van der Waals surface area contributed by atoms with Crippen LogP contribution in [0, 0.1) is 0 Å². The highest BCUT2D eigenvalue weighted by Crippen LogP contribution is 2.22. The molecule has 0 radical (unpaired) electrons. The molecular weight excluding hydrogens is 394 g/mol. The summed E-state index contributed by atoms with van der Waals surface area (Å²) in [6.45, 7) is 1.43. The number of rotatable bonds is 4. The van der Waals surface area contributed by atoms with E-state index < -0.39 is 0 Å². The fourth-order valence-electron chi connectivity index (χ4n) is 3.60. The number of hydrogen-bond donors (Lipinski definition) is 0. The van der Waals surface area contributed by atoms with Crippen LogP contribution in [0.4, 0.5) is 5.69 Å². The van der Waals surface area contributed by atoms with Crippen molar-refractivity contribution in [3.05, 3.63) is 66.1 Å². The minimum absolute atomic E-state index is 0.156. The van der Waals surface area contributed by atoms with Crippen LogP contribution in [0.5, 0.6) is 0 Å². The Kier molecular flexibility index (Phi) is 4.50. The van der Waals surface area contributed by atoms with Crippen molar-refractivity contribution >= 4 is 23.1 Å². The van der Waals surface area contributed by atoms with E-state index >= 15 is 0 Å². The number of amides is 2. The van der Waals surface area contributed by atoms with Crippen molar-refractivity contribution in [1.29, 1.82) is 0 Å². The predicted octanol–water partition coefficient (Wildman–Crippen LogP) is 2.25. The zero-order valence-electron chi connectivity index (χ0n) is 17.3. The normalized spacial score (nSPS) is 13.3. The van der Waals surface area contributed by atoms with Crippen LogP contribution in [-0.4, -0.2) is 61.2 Å². The van der Waals surface area contributed by atoms with Crippen LogP contribution in [0.25, 0.3) is 17.0 Å². The Balaban J connectivity index is 1.46. The molecule has 1 aromatic carbocycles. The Hall–Kier alpha value is -4.01. The number of likely N-dealkylation sites (tertiary alicyclic amines) is 1. The highest BCUT2D eigenvalue weighted by atomic mass is 16.2. The van der Waals surface area contributed by atoms with Gasteiger partial charge < -0.3 is 9.80 Å². The second-order valence-electron chi connectivity index (χ2n) is 7.53. The molecule has 0 N–H and O–H groups in total. The number of pyridine rings is 1. The number of fused-ring (bicyclic) bond motifs is 1. The van der Waals surface area contributed by atoms with Gasteiger partial charge >= 0.3 is 0 Å². The first-order valence-electron chi connectivity index (χ1n) is 10.0. The van der Waals surface area contributed by atoms with Gasteiger partial charge in [0, 0.05) is 50.7 Å². The van der Waals surface area contributed by atoms with E-state index in [1.165, 1.54) is 15.8 Å². The lowest BCUT2D eigenvalue weighted by Crippen LogP contribution is -2.43. The quantitative estimate of drug-likeness (QED) is 0.510. The van der Waals surface area contributed by atoms with Gasteiger partial charge in [-0.05, 0) is 12.5 Å². The number of anilines is 1. The molecule has 0 spiro atoms. The maximum absolute atomic E-state index is 13.3. The van der Waals surface area contributed by atoms with Crippen molar-refractivity contribution in [3.8, 4) is 11.4 Å². The molecule has 4 aromatic rings. The zero-order valence-corrected chi connectivity index (χ0v) is 17.3. The molecule has 0 unspecified atom stereocenters. The third kappa shape index (κ3) is 3.24. The molecule has 0 aliphatic carbocycles. The topological polar surface area (TPSA) is 88.6 Å². The number of carbonyl (C=O) groups is 2. The molecule has 1 aliphatic heterocycles. The van der Waals surface area contributed by atoms with Gasteiger partial charge in [0.15, 0.2) is 11.5 Å². The monoisotopic (exact) mass is 415 g/mol. The summed E-state index contributed by atoms with van der Waals surface area (Å²) in [5.74, 6) is 0.147. The lowest BCUT2D eigenvalue weighted by molar-refractivity contribution is 0.0647. The minimum atomic E-state index is -0.309. The molecule has 156 valence electrons. The summed E-state index contributed by atoms with van der Waals surface area (Å²) in [4.78, 5) is 33.8. The molecule has 0 bridgehead atoms. The molecule has 5 rings (SSSR count). The van der Waals surface area contributed by atoms with Gasteiger partial charge in [-0.15, -0.1) is 5.10 Å². The van der Waals surface area contributed by atoms with E-state index in [-0.39, 0.29) is 17.5 Å². The second kappa shape index (κ2) is 7.35. The molecular formula is C22H21N7O2. The fourth-order valence-corrected chi connectivity index (χ4v) is 3.60. The molecule has 1 saturated heterocycles. The fraction of sp³-hybridized carbons (Fsp3) is 0.227. The molecule has 4 heterocycles. The van der Waals surface area contributed by atoms with Crippen LogP contribution in [0.15, 0.2) is 54.9 Å². The summed E-state index contributed by atoms with van der Waals surface area (Å²) in [5.41, 5.74) is 2.78. The Morgan fingerprint density at radius 1 is 1.10 bits per heavy atom. The summed E-state index contributed by atoms with van der Waals surface area (Å²) in [5, 5.41) is 8.66. The first-order chi connectivity index (χ1) is 15.0. The van der Waals surface area contributed by atoms with E-state index in [1.54, 1.807) is 41.8 Å². The number of aromatic nitrogens is 5. The lowest BCUT2D eigenvalue weighted by atomic mass is 10.1. The van der Waals surface area contributed by atoms with Crippen molar-refractivity contribution in [1.82, 2.24) is 29.3 Å². The third-order valence-electron chi connectivity index (χ3n) is 5.56. The van der Waals surface area contributed by atoms with E-state index in [0.717, 1.165) is 12.0 Å². The van der Waals surface area contributed by atoms with Gasteiger partial charge in [-0.2, -0.15) is 5.10 Å². The largest absolute Gasteiger partial charge is 0.338 e. The van der Waals surface area contributed by atoms with Gasteiger partial charge in [-0.3, -0.25) is 14.3 Å². The number of nitrogens with zero attached hydrogens (tertiary/aromatic N) is 7. The molecule has 31 heavy (non-hydrogen) atoms. The molecule has 0 atom stereocenters. The van der Waals surface area contributed by atoms with Crippen LogP contribution in [0.2, 0.25) is 0 Å². The smallest absolute Gasteiger partial charge is 0.277 e. The second-order valence-corrected chi connectivity index (χ2v) is 7.53. The van der Waals surface area contributed by atoms with Crippen molar-refractivity contribution in [2.45, 2.75) is 6.42 Å². The highest BCUT2D eigenvalue weighted by Gasteiger charge is 2.30. The van der Waals surface area contributed by atoms with Gasteiger partial charge in [0.05, 0.1) is 11.8 Å². The Morgan fingerprint density at radius 3 is 2.58 bits per heavy atom. The molecule has 1 fully saturated rings. The average molecular weight is 415 g/mol. The van der Waals surface area contributed by atoms with E-state index in [9.17, 15) is 9.59 Å². The molecule has 1 aliphatic rings. The van der Waals surface area contributed by atoms with Crippen LogP contribution in [-0.2, 0) is 7.05 Å². The van der Waals surface area contributed by atoms with Gasteiger partial charge in [0.1, 0.15) is 5.69 Å². The summed E-state index contributed by atoms with van der Waals surface area (Å²) in [6.07, 6.45) is 4.22. The minimum Gasteiger partial charge on any atom is -0.338 e. The third-order valence-corrected chi connectivity index (χ3v) is 5.56. The van der Waals surface area contributed by atoms with Crippen molar-refractivity contribution < 1.29 is 9.59 Å². The highest BCUT2D eigenvalue weighted by molar-refractivity contribution is 6.12. The van der Waals surface area contributed by atoms with Crippen molar-refractivity contribution in [2.24, 2.45) is 7.05 Å². The van der Waals surface area contributed by atoms with Gasteiger partial charge in [0.25, 0.3) is 11.8 Å². The Labute approximate surface area is 178 Å². The first kappa shape index (κ1) is 19.0. The zero-order chi connectivity index (χ0) is 21.5. The Bertz CT molecular complexity index is 1290. The van der Waals surface area contributed by atoms with E-state index in [1.807, 2.05) is 30.3 Å². The summed E-state index contributed by atoms with van der Waals surface area (Å²) < 4.78 is 3.13. The summed E-state index contributed by atoms with van der Waals surface area (Å²) in [7, 11) is 3.34. The van der Waals surface area contributed by atoms with E-state index in [0.29, 0.717) is 35.8 Å². The predicted molar refractivity (Wildman–Crippen MR) is 115 cm³/mol. The summed E-state index contributed by atoms with van der Waals surface area (Å²) >= 11 is 0. The molecule has 3 aromatic heterocycles. The van der Waals surface area contributed by atoms with Crippen LogP contribution >= 0.6 is 0 Å². The summed E-state index contributed by atoms with van der Waals surface area (Å²) in [6, 6.07) is 13.3. The van der Waals surface area contributed by atoms with E-state index in [2.05, 4.69) is 15.2 Å². The first-order valence-corrected chi connectivity index (χ1v) is 10.0. The van der Waals surface area contributed by atoms with Crippen LogP contribution in [0.3, 0.4) is 0 Å². The van der Waals surface area contributed by atoms with E-state index in [4.69, 9.17) is 0 Å². The number of carbonyl (C=O) groups excluding carboxylic acids is 2. The molecule has 9 nitrogen and oxygen atoms in total. The number of benzene rings is 1. The van der Waals surface area contributed by atoms with Crippen molar-refractivity contribution in [3.63, 3.8) is 0 Å². The van der Waals surface area contributed by atoms with Crippen LogP contribution < -0.4 is 4.90 Å². The van der Waals surface area contributed by atoms with Crippen molar-refractivity contribution in [2.75, 3.05) is 25.0 Å². The standard InChI is InChI=1S/C22H21N7O2/c1-26(22(31)19-17(14-23-27(19)2)21(30)28-10-6-11-28)16-9-12-29-18(13-16)24-20(25-29)15-7-4-3-5-8-15/h3-5,7-9,12-14H,6,10-11H2,1-2H3. The van der Waals surface area contributed by atoms with Gasteiger partial charge in [-0.1, -0.05) is 30.3 Å². The maximum Gasteiger partial charge on any atom is 0.277 e. The SMILES string of the molecule is CN(C(=O)c1c(C(=O)N2CCC2)cnn1C)c1ccn2nc(-c3ccccc3)nc2c1. The molecule has 9 heteroatoms.